The van der Waals surface area contributed by atoms with Gasteiger partial charge in [0.25, 0.3) is 0 Å². The Bertz CT molecular complexity index is 674. The molecule has 3 heteroatoms. The first-order valence-electron chi connectivity index (χ1n) is 6.14. The summed E-state index contributed by atoms with van der Waals surface area (Å²) in [5.74, 6) is 0.834. The van der Waals surface area contributed by atoms with E-state index in [1.807, 2.05) is 36.4 Å². The molecule has 19 heavy (non-hydrogen) atoms. The molecule has 0 unspecified atom stereocenters. The fraction of sp³-hybridized carbons (Fsp3) is 0.125. The van der Waals surface area contributed by atoms with Crippen molar-refractivity contribution in [1.29, 1.82) is 0 Å². The maximum Gasteiger partial charge on any atom is 0.138 e. The average molecular weight is 317 g/mol. The fourth-order valence-electron chi connectivity index (χ4n) is 2.10. The van der Waals surface area contributed by atoms with Gasteiger partial charge in [-0.25, -0.2) is 0 Å². The lowest BCUT2D eigenvalue weighted by atomic mass is 10.1. The summed E-state index contributed by atoms with van der Waals surface area (Å²) in [6.45, 7) is 0.651. The Balaban J connectivity index is 2.00. The number of rotatable bonds is 4. The zero-order valence-electron chi connectivity index (χ0n) is 10.3. The van der Waals surface area contributed by atoms with Gasteiger partial charge >= 0.3 is 0 Å². The van der Waals surface area contributed by atoms with Gasteiger partial charge in [-0.2, -0.15) is 0 Å². The number of hydrogen-bond donors (Lipinski definition) is 0. The Labute approximate surface area is 120 Å². The van der Waals surface area contributed by atoms with Crippen molar-refractivity contribution in [1.82, 2.24) is 0 Å². The minimum atomic E-state index is 0.651. The van der Waals surface area contributed by atoms with Gasteiger partial charge in [0, 0.05) is 22.3 Å². The highest BCUT2D eigenvalue weighted by molar-refractivity contribution is 9.09. The number of ether oxygens (including phenoxy) is 1. The van der Waals surface area contributed by atoms with Crippen LogP contribution in [0, 0.1) is 0 Å². The zero-order valence-corrected chi connectivity index (χ0v) is 11.9. The lowest BCUT2D eigenvalue weighted by molar-refractivity contribution is 0.345. The summed E-state index contributed by atoms with van der Waals surface area (Å²) in [4.78, 5) is 0. The summed E-state index contributed by atoms with van der Waals surface area (Å²) in [5, 5.41) is 1.93. The second-order valence-corrected chi connectivity index (χ2v) is 5.00. The molecule has 0 N–H and O–H groups in total. The molecule has 3 aromatic rings. The van der Waals surface area contributed by atoms with Crippen LogP contribution < -0.4 is 4.74 Å². The van der Waals surface area contributed by atoms with Crippen LogP contribution in [0.4, 0.5) is 0 Å². The molecule has 0 fully saturated rings. The van der Waals surface area contributed by atoms with Crippen molar-refractivity contribution >= 4 is 26.9 Å². The molecular weight excluding hydrogens is 304 g/mol. The van der Waals surface area contributed by atoms with E-state index in [0.29, 0.717) is 6.61 Å². The number of alkyl halides is 1. The maximum absolute atomic E-state index is 5.63. The number of benzene rings is 2. The summed E-state index contributed by atoms with van der Waals surface area (Å²) in [6, 6.07) is 16.2. The predicted molar refractivity (Wildman–Crippen MR) is 80.9 cm³/mol. The Kier molecular flexibility index (Phi) is 3.56. The molecule has 0 bridgehead atoms. The Morgan fingerprint density at radius 2 is 1.89 bits per heavy atom. The number of hydrogen-bond acceptors (Lipinski definition) is 2. The molecule has 0 atom stereocenters. The SMILES string of the molecule is BrCCOc1ccc2c(-c3ccccc3)coc2c1. The molecule has 0 spiro atoms. The number of furan rings is 1. The van der Waals surface area contributed by atoms with Gasteiger partial charge in [-0.3, -0.25) is 0 Å². The minimum Gasteiger partial charge on any atom is -0.493 e. The van der Waals surface area contributed by atoms with E-state index in [2.05, 4.69) is 28.1 Å². The highest BCUT2D eigenvalue weighted by Crippen LogP contribution is 2.32. The van der Waals surface area contributed by atoms with Crippen LogP contribution in [0.15, 0.2) is 59.2 Å². The van der Waals surface area contributed by atoms with Gasteiger partial charge in [-0.1, -0.05) is 46.3 Å². The second-order valence-electron chi connectivity index (χ2n) is 4.21. The van der Waals surface area contributed by atoms with Crippen LogP contribution >= 0.6 is 15.9 Å². The van der Waals surface area contributed by atoms with Gasteiger partial charge in [-0.15, -0.1) is 0 Å². The first-order chi connectivity index (χ1) is 9.38. The summed E-state index contributed by atoms with van der Waals surface area (Å²) < 4.78 is 11.2. The highest BCUT2D eigenvalue weighted by atomic mass is 79.9. The first kappa shape index (κ1) is 12.3. The van der Waals surface area contributed by atoms with E-state index >= 15 is 0 Å². The summed E-state index contributed by atoms with van der Waals surface area (Å²) >= 11 is 3.34. The predicted octanol–water partition coefficient (Wildman–Crippen LogP) is 4.87. The topological polar surface area (TPSA) is 22.4 Å². The molecule has 0 aliphatic rings. The number of fused-ring (bicyclic) bond motifs is 1. The summed E-state index contributed by atoms with van der Waals surface area (Å²) in [6.07, 6.45) is 1.80. The maximum atomic E-state index is 5.63. The van der Waals surface area contributed by atoms with E-state index in [0.717, 1.165) is 33.2 Å². The third kappa shape index (κ3) is 2.51. The Morgan fingerprint density at radius 3 is 2.68 bits per heavy atom. The van der Waals surface area contributed by atoms with Crippen molar-refractivity contribution < 1.29 is 9.15 Å². The molecule has 0 saturated carbocycles. The largest absolute Gasteiger partial charge is 0.493 e. The van der Waals surface area contributed by atoms with Crippen molar-refractivity contribution in [2.75, 3.05) is 11.9 Å². The highest BCUT2D eigenvalue weighted by Gasteiger charge is 2.08. The molecule has 0 aliphatic heterocycles. The standard InChI is InChI=1S/C16H13BrO2/c17-8-9-18-13-6-7-14-15(11-19-16(14)10-13)12-4-2-1-3-5-12/h1-7,10-11H,8-9H2. The molecule has 2 aromatic carbocycles. The number of halogens is 1. The summed E-state index contributed by atoms with van der Waals surface area (Å²) in [7, 11) is 0. The smallest absolute Gasteiger partial charge is 0.138 e. The van der Waals surface area contributed by atoms with E-state index in [1.54, 1.807) is 6.26 Å². The Morgan fingerprint density at radius 1 is 1.05 bits per heavy atom. The molecule has 3 rings (SSSR count). The van der Waals surface area contributed by atoms with Crippen LogP contribution in [-0.4, -0.2) is 11.9 Å². The second kappa shape index (κ2) is 5.49. The van der Waals surface area contributed by atoms with E-state index in [4.69, 9.17) is 9.15 Å². The molecule has 0 saturated heterocycles. The van der Waals surface area contributed by atoms with Crippen molar-refractivity contribution in [2.24, 2.45) is 0 Å². The van der Waals surface area contributed by atoms with Crippen LogP contribution in [0.25, 0.3) is 22.1 Å². The monoisotopic (exact) mass is 316 g/mol. The van der Waals surface area contributed by atoms with E-state index in [9.17, 15) is 0 Å². The van der Waals surface area contributed by atoms with Gasteiger partial charge in [0.05, 0.1) is 12.9 Å². The van der Waals surface area contributed by atoms with Crippen LogP contribution in [0.5, 0.6) is 5.75 Å². The van der Waals surface area contributed by atoms with Gasteiger partial charge in [0.2, 0.25) is 0 Å². The molecule has 0 amide bonds. The lowest BCUT2D eigenvalue weighted by Crippen LogP contribution is -1.96. The molecule has 2 nitrogen and oxygen atoms in total. The third-order valence-electron chi connectivity index (χ3n) is 2.98. The van der Waals surface area contributed by atoms with Crippen molar-refractivity contribution in [3.8, 4) is 16.9 Å². The lowest BCUT2D eigenvalue weighted by Gasteiger charge is -2.03. The van der Waals surface area contributed by atoms with Crippen LogP contribution in [0.3, 0.4) is 0 Å². The van der Waals surface area contributed by atoms with Crippen LogP contribution in [-0.2, 0) is 0 Å². The van der Waals surface area contributed by atoms with Crippen molar-refractivity contribution in [2.45, 2.75) is 0 Å². The first-order valence-corrected chi connectivity index (χ1v) is 7.26. The minimum absolute atomic E-state index is 0.651. The zero-order chi connectivity index (χ0) is 13.1. The average Bonchev–Trinajstić information content (AvgIpc) is 2.89. The molecular formula is C16H13BrO2. The normalized spacial score (nSPS) is 10.8. The van der Waals surface area contributed by atoms with E-state index < -0.39 is 0 Å². The van der Waals surface area contributed by atoms with Gasteiger partial charge in [0.15, 0.2) is 0 Å². The van der Waals surface area contributed by atoms with Crippen molar-refractivity contribution in [3.05, 3.63) is 54.8 Å². The molecule has 1 heterocycles. The fourth-order valence-corrected chi connectivity index (χ4v) is 2.26. The van der Waals surface area contributed by atoms with E-state index in [1.165, 1.54) is 0 Å². The molecule has 1 aromatic heterocycles. The summed E-state index contributed by atoms with van der Waals surface area (Å²) in [5.41, 5.74) is 3.13. The molecule has 0 radical (unpaired) electrons. The molecule has 96 valence electrons. The third-order valence-corrected chi connectivity index (χ3v) is 3.30. The molecule has 0 aliphatic carbocycles. The van der Waals surface area contributed by atoms with E-state index in [-0.39, 0.29) is 0 Å². The van der Waals surface area contributed by atoms with Crippen LogP contribution in [0.2, 0.25) is 0 Å². The van der Waals surface area contributed by atoms with Crippen molar-refractivity contribution in [3.63, 3.8) is 0 Å². The van der Waals surface area contributed by atoms with Gasteiger partial charge < -0.3 is 9.15 Å². The Hall–Kier alpha value is -1.74. The quantitative estimate of drug-likeness (QED) is 0.640. The van der Waals surface area contributed by atoms with Crippen LogP contribution in [0.1, 0.15) is 0 Å². The van der Waals surface area contributed by atoms with Gasteiger partial charge in [-0.05, 0) is 17.7 Å². The van der Waals surface area contributed by atoms with Gasteiger partial charge in [0.1, 0.15) is 11.3 Å².